The second-order valence-corrected chi connectivity index (χ2v) is 3.86. The molecule has 0 unspecified atom stereocenters. The summed E-state index contributed by atoms with van der Waals surface area (Å²) in [6, 6.07) is 0. The fourth-order valence-corrected chi connectivity index (χ4v) is 1.70. The number of allylic oxidation sites excluding steroid dienone is 1. The summed E-state index contributed by atoms with van der Waals surface area (Å²) in [6.07, 6.45) is 3.60. The molecule has 0 aliphatic carbocycles. The van der Waals surface area contributed by atoms with E-state index in [1.807, 2.05) is 13.0 Å². The lowest BCUT2D eigenvalue weighted by Crippen LogP contribution is -2.06. The zero-order valence-corrected chi connectivity index (χ0v) is 10.6. The van der Waals surface area contributed by atoms with Crippen molar-refractivity contribution in [3.05, 3.63) is 33.7 Å². The van der Waals surface area contributed by atoms with Gasteiger partial charge in [-0.25, -0.2) is 4.79 Å². The Balaban J connectivity index is 2.82. The molecule has 0 N–H and O–H groups in total. The Morgan fingerprint density at radius 1 is 1.47 bits per heavy atom. The molecule has 4 heteroatoms. The monoisotopic (exact) mass is 272 g/mol. The van der Waals surface area contributed by atoms with Crippen LogP contribution >= 0.6 is 15.9 Å². The van der Waals surface area contributed by atoms with Gasteiger partial charge in [-0.05, 0) is 36.7 Å². The Labute approximate surface area is 97.2 Å². The molecule has 1 rings (SSSR count). The highest BCUT2D eigenvalue weighted by atomic mass is 79.9. The zero-order chi connectivity index (χ0) is 11.4. The smallest absolute Gasteiger partial charge is 0.343 e. The minimum absolute atomic E-state index is 0.283. The van der Waals surface area contributed by atoms with E-state index < -0.39 is 0 Å². The zero-order valence-electron chi connectivity index (χ0n) is 8.96. The maximum Gasteiger partial charge on any atom is 0.343 e. The van der Waals surface area contributed by atoms with Crippen LogP contribution in [-0.2, 0) is 4.74 Å². The van der Waals surface area contributed by atoms with Crippen molar-refractivity contribution in [1.82, 2.24) is 0 Å². The first-order chi connectivity index (χ1) is 7.07. The van der Waals surface area contributed by atoms with Gasteiger partial charge < -0.3 is 9.15 Å². The summed E-state index contributed by atoms with van der Waals surface area (Å²) in [5.41, 5.74) is 0.469. The number of rotatable bonds is 3. The van der Waals surface area contributed by atoms with E-state index in [4.69, 9.17) is 9.15 Å². The van der Waals surface area contributed by atoms with E-state index in [1.54, 1.807) is 19.9 Å². The number of carbonyl (C=O) groups excluding carboxylic acids is 1. The summed E-state index contributed by atoms with van der Waals surface area (Å²) in [7, 11) is 0. The summed E-state index contributed by atoms with van der Waals surface area (Å²) >= 11 is 3.30. The van der Waals surface area contributed by atoms with Gasteiger partial charge in [0.15, 0.2) is 0 Å². The molecule has 1 aromatic heterocycles. The highest BCUT2D eigenvalue weighted by Gasteiger charge is 2.20. The Bertz CT molecular complexity index is 391. The van der Waals surface area contributed by atoms with E-state index in [9.17, 15) is 4.79 Å². The molecule has 82 valence electrons. The van der Waals surface area contributed by atoms with Gasteiger partial charge in [-0.3, -0.25) is 0 Å². The van der Waals surface area contributed by atoms with E-state index in [1.165, 1.54) is 0 Å². The molecule has 3 nitrogen and oxygen atoms in total. The molecule has 15 heavy (non-hydrogen) atoms. The van der Waals surface area contributed by atoms with Crippen LogP contribution in [0, 0.1) is 13.8 Å². The molecule has 0 spiro atoms. The summed E-state index contributed by atoms with van der Waals surface area (Å²) in [6.45, 7) is 5.69. The molecule has 0 saturated heterocycles. The second kappa shape index (κ2) is 5.16. The van der Waals surface area contributed by atoms with Crippen molar-refractivity contribution >= 4 is 21.9 Å². The van der Waals surface area contributed by atoms with Gasteiger partial charge in [-0.2, -0.15) is 0 Å². The molecule has 0 saturated carbocycles. The largest absolute Gasteiger partial charge is 0.465 e. The van der Waals surface area contributed by atoms with Crippen LogP contribution in [0.5, 0.6) is 0 Å². The number of furan rings is 1. The van der Waals surface area contributed by atoms with E-state index in [2.05, 4.69) is 15.9 Å². The lowest BCUT2D eigenvalue weighted by atomic mass is 10.2. The molecule has 0 amide bonds. The highest BCUT2D eigenvalue weighted by molar-refractivity contribution is 9.10. The maximum atomic E-state index is 11.6. The maximum absolute atomic E-state index is 11.6. The molecule has 0 aliphatic heterocycles. The number of halogens is 1. The van der Waals surface area contributed by atoms with E-state index in [-0.39, 0.29) is 12.6 Å². The Hall–Kier alpha value is -1.03. The van der Waals surface area contributed by atoms with Gasteiger partial charge >= 0.3 is 5.97 Å². The number of hydrogen-bond donors (Lipinski definition) is 0. The van der Waals surface area contributed by atoms with Crippen LogP contribution in [0.25, 0.3) is 0 Å². The van der Waals surface area contributed by atoms with Gasteiger partial charge in [0, 0.05) is 0 Å². The number of ether oxygens (including phenoxy) is 1. The van der Waals surface area contributed by atoms with Crippen molar-refractivity contribution in [3.8, 4) is 0 Å². The molecule has 0 radical (unpaired) electrons. The number of aryl methyl sites for hydroxylation is 2. The van der Waals surface area contributed by atoms with Crippen molar-refractivity contribution in [2.45, 2.75) is 20.8 Å². The molecule has 0 aliphatic rings. The Morgan fingerprint density at radius 3 is 2.60 bits per heavy atom. The SMILES string of the molecule is C/C=C/COC(=O)c1c(C)oc(C)c1Br. The standard InChI is InChI=1S/C11H13BrO3/c1-4-5-6-14-11(13)9-7(2)15-8(3)10(9)12/h4-5H,6H2,1-3H3/b5-4+. The lowest BCUT2D eigenvalue weighted by Gasteiger charge is -2.00. The van der Waals surface area contributed by atoms with Gasteiger partial charge in [-0.15, -0.1) is 0 Å². The van der Waals surface area contributed by atoms with Gasteiger partial charge in [0.25, 0.3) is 0 Å². The van der Waals surface area contributed by atoms with E-state index in [0.29, 0.717) is 21.6 Å². The molecule has 0 atom stereocenters. The van der Waals surface area contributed by atoms with Gasteiger partial charge in [0.2, 0.25) is 0 Å². The van der Waals surface area contributed by atoms with Crippen LogP contribution in [0.3, 0.4) is 0 Å². The molecule has 0 bridgehead atoms. The Kier molecular flexibility index (Phi) is 4.15. The van der Waals surface area contributed by atoms with Crippen molar-refractivity contribution in [2.24, 2.45) is 0 Å². The fourth-order valence-electron chi connectivity index (χ4n) is 1.18. The molecule has 0 fully saturated rings. The second-order valence-electron chi connectivity index (χ2n) is 3.07. The first-order valence-electron chi connectivity index (χ1n) is 4.61. The first kappa shape index (κ1) is 12.0. The first-order valence-corrected chi connectivity index (χ1v) is 5.41. The van der Waals surface area contributed by atoms with Crippen LogP contribution in [0.15, 0.2) is 21.0 Å². The molecule has 1 heterocycles. The number of hydrogen-bond acceptors (Lipinski definition) is 3. The minimum Gasteiger partial charge on any atom is -0.465 e. The van der Waals surface area contributed by atoms with Crippen molar-refractivity contribution in [3.63, 3.8) is 0 Å². The fraction of sp³-hybridized carbons (Fsp3) is 0.364. The number of esters is 1. The van der Waals surface area contributed by atoms with Crippen LogP contribution in [0.2, 0.25) is 0 Å². The quantitative estimate of drug-likeness (QED) is 0.626. The molecule has 0 aromatic carbocycles. The van der Waals surface area contributed by atoms with Crippen molar-refractivity contribution in [2.75, 3.05) is 6.61 Å². The van der Waals surface area contributed by atoms with E-state index >= 15 is 0 Å². The lowest BCUT2D eigenvalue weighted by molar-refractivity contribution is 0.0546. The van der Waals surface area contributed by atoms with Crippen molar-refractivity contribution < 1.29 is 13.9 Å². The minimum atomic E-state index is -0.366. The predicted octanol–water partition coefficient (Wildman–Crippen LogP) is 3.39. The van der Waals surface area contributed by atoms with Gasteiger partial charge in [0.05, 0.1) is 4.47 Å². The predicted molar refractivity (Wildman–Crippen MR) is 61.0 cm³/mol. The van der Waals surface area contributed by atoms with Crippen LogP contribution < -0.4 is 0 Å². The highest BCUT2D eigenvalue weighted by Crippen LogP contribution is 2.27. The third-order valence-corrected chi connectivity index (χ3v) is 2.89. The van der Waals surface area contributed by atoms with Crippen molar-refractivity contribution in [1.29, 1.82) is 0 Å². The van der Waals surface area contributed by atoms with E-state index in [0.717, 1.165) is 0 Å². The van der Waals surface area contributed by atoms with Crippen LogP contribution in [0.1, 0.15) is 28.8 Å². The average Bonchev–Trinajstić information content (AvgIpc) is 2.41. The van der Waals surface area contributed by atoms with Gasteiger partial charge in [-0.1, -0.05) is 12.2 Å². The third-order valence-electron chi connectivity index (χ3n) is 1.94. The van der Waals surface area contributed by atoms with Crippen LogP contribution in [-0.4, -0.2) is 12.6 Å². The molecular formula is C11H13BrO3. The molecular weight excluding hydrogens is 260 g/mol. The average molecular weight is 273 g/mol. The summed E-state index contributed by atoms with van der Waals surface area (Å²) in [5.74, 6) is 0.893. The summed E-state index contributed by atoms with van der Waals surface area (Å²) in [4.78, 5) is 11.6. The van der Waals surface area contributed by atoms with Gasteiger partial charge in [0.1, 0.15) is 23.7 Å². The molecule has 1 aromatic rings. The summed E-state index contributed by atoms with van der Waals surface area (Å²) in [5, 5.41) is 0. The number of carbonyl (C=O) groups is 1. The third kappa shape index (κ3) is 2.72. The normalized spacial score (nSPS) is 10.9. The Morgan fingerprint density at radius 2 is 2.13 bits per heavy atom. The topological polar surface area (TPSA) is 39.4 Å². The van der Waals surface area contributed by atoms with Crippen LogP contribution in [0.4, 0.5) is 0 Å². The summed E-state index contributed by atoms with van der Waals surface area (Å²) < 4.78 is 11.0.